The maximum absolute atomic E-state index is 12.5. The third kappa shape index (κ3) is 3.57. The Morgan fingerprint density at radius 2 is 2.04 bits per heavy atom. The van der Waals surface area contributed by atoms with Crippen molar-refractivity contribution >= 4 is 0 Å². The first-order valence-electron chi connectivity index (χ1n) is 9.56. The molecule has 7 nitrogen and oxygen atoms in total. The maximum Gasteiger partial charge on any atom is 0.255 e. The molecular weight excluding hydrogens is 354 g/mol. The van der Waals surface area contributed by atoms with Crippen LogP contribution in [-0.4, -0.2) is 38.7 Å². The summed E-state index contributed by atoms with van der Waals surface area (Å²) in [6.07, 6.45) is 2.65. The minimum absolute atomic E-state index is 0.0130. The molecule has 28 heavy (non-hydrogen) atoms. The SMILES string of the molecule is COc1ccc(-c2[nH]ncc2CN2CCc3nc(C(C)C)[nH]c(=O)c3C2)cc1. The number of hydrogen-bond donors (Lipinski definition) is 2. The Kier molecular flexibility index (Phi) is 5.00. The van der Waals surface area contributed by atoms with Crippen molar-refractivity contribution in [1.29, 1.82) is 0 Å². The molecular formula is C21H25N5O2. The molecule has 0 atom stereocenters. The minimum atomic E-state index is -0.0130. The predicted molar refractivity (Wildman–Crippen MR) is 107 cm³/mol. The van der Waals surface area contributed by atoms with Gasteiger partial charge in [-0.1, -0.05) is 13.8 Å². The van der Waals surface area contributed by atoms with Gasteiger partial charge < -0.3 is 9.72 Å². The molecule has 1 aromatic carbocycles. The zero-order chi connectivity index (χ0) is 19.7. The number of rotatable bonds is 5. The van der Waals surface area contributed by atoms with Gasteiger partial charge in [0.1, 0.15) is 11.6 Å². The molecule has 0 radical (unpaired) electrons. The van der Waals surface area contributed by atoms with Gasteiger partial charge in [0.2, 0.25) is 0 Å². The van der Waals surface area contributed by atoms with Gasteiger partial charge in [-0.3, -0.25) is 14.8 Å². The Morgan fingerprint density at radius 3 is 2.75 bits per heavy atom. The Morgan fingerprint density at radius 1 is 1.25 bits per heavy atom. The van der Waals surface area contributed by atoms with E-state index in [1.54, 1.807) is 7.11 Å². The highest BCUT2D eigenvalue weighted by Gasteiger charge is 2.23. The first-order chi connectivity index (χ1) is 13.5. The maximum atomic E-state index is 12.5. The number of hydrogen-bond acceptors (Lipinski definition) is 5. The number of fused-ring (bicyclic) bond motifs is 1. The number of nitrogens with one attached hydrogen (secondary N) is 2. The van der Waals surface area contributed by atoms with Gasteiger partial charge in [0.05, 0.1) is 30.3 Å². The van der Waals surface area contributed by atoms with Crippen molar-refractivity contribution in [3.8, 4) is 17.0 Å². The van der Waals surface area contributed by atoms with Crippen molar-refractivity contribution < 1.29 is 4.74 Å². The van der Waals surface area contributed by atoms with E-state index in [2.05, 4.69) is 25.1 Å². The van der Waals surface area contributed by atoms with Crippen LogP contribution >= 0.6 is 0 Å². The van der Waals surface area contributed by atoms with E-state index in [1.165, 1.54) is 0 Å². The Balaban J connectivity index is 1.54. The largest absolute Gasteiger partial charge is 0.497 e. The van der Waals surface area contributed by atoms with Gasteiger partial charge in [0.15, 0.2) is 0 Å². The summed E-state index contributed by atoms with van der Waals surface area (Å²) in [4.78, 5) is 22.4. The van der Waals surface area contributed by atoms with Crippen LogP contribution in [0.5, 0.6) is 5.75 Å². The number of H-pyrrole nitrogens is 2. The summed E-state index contributed by atoms with van der Waals surface area (Å²) in [5.41, 5.74) is 4.87. The number of aromatic nitrogens is 4. The summed E-state index contributed by atoms with van der Waals surface area (Å²) in [6.45, 7) is 6.28. The zero-order valence-corrected chi connectivity index (χ0v) is 16.5. The highest BCUT2D eigenvalue weighted by atomic mass is 16.5. The van der Waals surface area contributed by atoms with Crippen LogP contribution in [0.1, 0.15) is 42.4 Å². The van der Waals surface area contributed by atoms with Crippen LogP contribution in [0.4, 0.5) is 0 Å². The average molecular weight is 379 g/mol. The molecule has 2 N–H and O–H groups in total. The van der Waals surface area contributed by atoms with Crippen LogP contribution in [0.3, 0.4) is 0 Å². The van der Waals surface area contributed by atoms with Crippen LogP contribution in [0.2, 0.25) is 0 Å². The molecule has 3 aromatic rings. The lowest BCUT2D eigenvalue weighted by atomic mass is 10.0. The van der Waals surface area contributed by atoms with Crippen LogP contribution < -0.4 is 10.3 Å². The van der Waals surface area contributed by atoms with Gasteiger partial charge in [-0.15, -0.1) is 0 Å². The molecule has 0 amide bonds. The second-order valence-corrected chi connectivity index (χ2v) is 7.49. The number of benzene rings is 1. The van der Waals surface area contributed by atoms with Gasteiger partial charge in [0, 0.05) is 43.1 Å². The molecule has 0 bridgehead atoms. The van der Waals surface area contributed by atoms with E-state index < -0.39 is 0 Å². The van der Waals surface area contributed by atoms with E-state index in [0.29, 0.717) is 6.54 Å². The van der Waals surface area contributed by atoms with Crippen LogP contribution in [0.15, 0.2) is 35.3 Å². The first kappa shape index (κ1) is 18.4. The normalized spacial score (nSPS) is 14.3. The van der Waals surface area contributed by atoms with Crippen molar-refractivity contribution in [3.63, 3.8) is 0 Å². The van der Waals surface area contributed by atoms with Crippen LogP contribution in [-0.2, 0) is 19.5 Å². The molecule has 0 unspecified atom stereocenters. The quantitative estimate of drug-likeness (QED) is 0.712. The van der Waals surface area contributed by atoms with Crippen molar-refractivity contribution in [1.82, 2.24) is 25.1 Å². The van der Waals surface area contributed by atoms with Crippen molar-refractivity contribution in [2.45, 2.75) is 39.3 Å². The first-order valence-corrected chi connectivity index (χ1v) is 9.56. The van der Waals surface area contributed by atoms with E-state index in [9.17, 15) is 4.79 Å². The fraction of sp³-hybridized carbons (Fsp3) is 0.381. The highest BCUT2D eigenvalue weighted by Crippen LogP contribution is 2.26. The molecule has 1 aliphatic heterocycles. The van der Waals surface area contributed by atoms with E-state index in [1.807, 2.05) is 44.3 Å². The standard InChI is InChI=1S/C21H25N5O2/c1-13(2)20-23-18-8-9-26(12-17(18)21(27)24-20)11-15-10-22-25-19(15)14-4-6-16(28-3)7-5-14/h4-7,10,13H,8-9,11-12H2,1-3H3,(H,22,25)(H,23,24,27). The molecule has 3 heterocycles. The van der Waals surface area contributed by atoms with Gasteiger partial charge >= 0.3 is 0 Å². The van der Waals surface area contributed by atoms with Crippen molar-refractivity contribution in [2.24, 2.45) is 0 Å². The molecule has 1 aliphatic rings. The van der Waals surface area contributed by atoms with Gasteiger partial charge in [-0.2, -0.15) is 5.10 Å². The van der Waals surface area contributed by atoms with Gasteiger partial charge in [-0.25, -0.2) is 4.98 Å². The monoisotopic (exact) mass is 379 g/mol. The Bertz CT molecular complexity index is 1020. The number of aromatic amines is 2. The van der Waals surface area contributed by atoms with Gasteiger partial charge in [0.25, 0.3) is 5.56 Å². The number of methoxy groups -OCH3 is 1. The summed E-state index contributed by atoms with van der Waals surface area (Å²) in [7, 11) is 1.66. The Hall–Kier alpha value is -2.93. The lowest BCUT2D eigenvalue weighted by Crippen LogP contribution is -2.36. The Labute approximate surface area is 163 Å². The highest BCUT2D eigenvalue weighted by molar-refractivity contribution is 5.63. The molecule has 2 aromatic heterocycles. The molecule has 4 rings (SSSR count). The van der Waals surface area contributed by atoms with E-state index >= 15 is 0 Å². The number of nitrogens with zero attached hydrogens (tertiary/aromatic N) is 3. The van der Waals surface area contributed by atoms with E-state index in [4.69, 9.17) is 4.74 Å². The summed E-state index contributed by atoms with van der Waals surface area (Å²) >= 11 is 0. The second kappa shape index (κ2) is 7.59. The molecule has 0 fully saturated rings. The van der Waals surface area contributed by atoms with Crippen LogP contribution in [0.25, 0.3) is 11.3 Å². The number of ether oxygens (including phenoxy) is 1. The summed E-state index contributed by atoms with van der Waals surface area (Å²) in [6, 6.07) is 7.91. The summed E-state index contributed by atoms with van der Waals surface area (Å²) in [5, 5.41) is 7.34. The lowest BCUT2D eigenvalue weighted by molar-refractivity contribution is 0.241. The fourth-order valence-electron chi connectivity index (χ4n) is 3.59. The average Bonchev–Trinajstić information content (AvgIpc) is 3.16. The minimum Gasteiger partial charge on any atom is -0.497 e. The predicted octanol–water partition coefficient (Wildman–Crippen LogP) is 2.85. The van der Waals surface area contributed by atoms with Crippen LogP contribution in [0, 0.1) is 0 Å². The molecule has 0 aliphatic carbocycles. The van der Waals surface area contributed by atoms with E-state index in [-0.39, 0.29) is 11.5 Å². The summed E-state index contributed by atoms with van der Waals surface area (Å²) < 4.78 is 5.23. The molecule has 0 saturated heterocycles. The van der Waals surface area contributed by atoms with E-state index in [0.717, 1.165) is 59.2 Å². The molecule has 146 valence electrons. The summed E-state index contributed by atoms with van der Waals surface area (Å²) in [5.74, 6) is 1.81. The second-order valence-electron chi connectivity index (χ2n) is 7.49. The van der Waals surface area contributed by atoms with Gasteiger partial charge in [-0.05, 0) is 24.3 Å². The zero-order valence-electron chi connectivity index (χ0n) is 16.5. The fourth-order valence-corrected chi connectivity index (χ4v) is 3.59. The topological polar surface area (TPSA) is 86.9 Å². The third-order valence-corrected chi connectivity index (χ3v) is 5.20. The molecule has 7 heteroatoms. The van der Waals surface area contributed by atoms with Crippen molar-refractivity contribution in [3.05, 3.63) is 63.5 Å². The third-order valence-electron chi connectivity index (χ3n) is 5.20. The smallest absolute Gasteiger partial charge is 0.255 e. The van der Waals surface area contributed by atoms with Crippen molar-refractivity contribution in [2.75, 3.05) is 13.7 Å². The lowest BCUT2D eigenvalue weighted by Gasteiger charge is -2.27. The molecule has 0 spiro atoms. The molecule has 0 saturated carbocycles.